The van der Waals surface area contributed by atoms with Gasteiger partial charge in [0, 0.05) is 74.6 Å². The van der Waals surface area contributed by atoms with Gasteiger partial charge in [0.1, 0.15) is 22.3 Å². The van der Waals surface area contributed by atoms with Gasteiger partial charge in [-0.3, -0.25) is 0 Å². The highest BCUT2D eigenvalue weighted by molar-refractivity contribution is 7.26. The highest BCUT2D eigenvalue weighted by Gasteiger charge is 2.20. The molecule has 65 heavy (non-hydrogen) atoms. The van der Waals surface area contributed by atoms with Crippen molar-refractivity contribution in [3.63, 3.8) is 0 Å². The number of nitrogens with zero attached hydrogens (tertiary/aromatic N) is 2. The molecule has 5 heterocycles. The molecule has 0 N–H and O–H groups in total. The largest absolute Gasteiger partial charge is 0.456 e. The van der Waals surface area contributed by atoms with Gasteiger partial charge in [0.25, 0.3) is 0 Å². The normalized spacial score (nSPS) is 12.3. The number of rotatable bonds is 4. The molecule has 15 rings (SSSR count). The monoisotopic (exact) mass is 846 g/mol. The van der Waals surface area contributed by atoms with Gasteiger partial charge in [-0.05, 0) is 119 Å². The van der Waals surface area contributed by atoms with Crippen LogP contribution in [-0.4, -0.2) is 9.13 Å². The Bertz CT molecular complexity index is 4440. The highest BCUT2D eigenvalue weighted by Crippen LogP contribution is 2.45. The number of thiophene rings is 1. The molecular weight excluding hydrogens is 813 g/mol. The second-order valence-corrected chi connectivity index (χ2v) is 18.3. The van der Waals surface area contributed by atoms with E-state index in [0.29, 0.717) is 0 Å². The molecule has 0 bridgehead atoms. The Morgan fingerprint density at radius 3 is 1.52 bits per heavy atom. The van der Waals surface area contributed by atoms with E-state index in [0.717, 1.165) is 55.3 Å². The summed E-state index contributed by atoms with van der Waals surface area (Å²) in [6.07, 6.45) is 0. The maximum atomic E-state index is 6.46. The van der Waals surface area contributed by atoms with Crippen LogP contribution in [-0.2, 0) is 0 Å². The van der Waals surface area contributed by atoms with Crippen molar-refractivity contribution in [2.75, 3.05) is 0 Å². The summed E-state index contributed by atoms with van der Waals surface area (Å²) in [7, 11) is 0. The topological polar surface area (TPSA) is 36.1 Å². The Morgan fingerprint density at radius 2 is 0.800 bits per heavy atom. The van der Waals surface area contributed by atoms with Crippen molar-refractivity contribution in [1.82, 2.24) is 9.13 Å². The molecule has 0 radical (unpaired) electrons. The fourth-order valence-electron chi connectivity index (χ4n) is 10.8. The minimum atomic E-state index is 0.889. The second kappa shape index (κ2) is 13.1. The van der Waals surface area contributed by atoms with Crippen molar-refractivity contribution in [3.8, 4) is 33.6 Å². The predicted octanol–water partition coefficient (Wildman–Crippen LogP) is 17.4. The quantitative estimate of drug-likeness (QED) is 0.177. The summed E-state index contributed by atoms with van der Waals surface area (Å²) in [4.78, 5) is 0. The molecule has 0 unspecified atom stereocenters. The number of para-hydroxylation sites is 4. The minimum Gasteiger partial charge on any atom is -0.456 e. The van der Waals surface area contributed by atoms with Crippen molar-refractivity contribution in [2.45, 2.75) is 0 Å². The fourth-order valence-corrected chi connectivity index (χ4v) is 12.0. The van der Waals surface area contributed by atoms with Crippen LogP contribution in [0.2, 0.25) is 0 Å². The molecule has 0 saturated heterocycles. The molecule has 5 heteroatoms. The molecular formula is C60H34N2O2S. The molecule has 0 fully saturated rings. The van der Waals surface area contributed by atoms with Gasteiger partial charge in [-0.1, -0.05) is 109 Å². The first-order valence-corrected chi connectivity index (χ1v) is 22.9. The Hall–Kier alpha value is -8.38. The summed E-state index contributed by atoms with van der Waals surface area (Å²) in [6.45, 7) is 0. The minimum absolute atomic E-state index is 0.889. The Morgan fingerprint density at radius 1 is 0.292 bits per heavy atom. The van der Waals surface area contributed by atoms with Gasteiger partial charge in [0.15, 0.2) is 0 Å². The van der Waals surface area contributed by atoms with Gasteiger partial charge < -0.3 is 18.0 Å². The first kappa shape index (κ1) is 35.1. The van der Waals surface area contributed by atoms with E-state index < -0.39 is 0 Å². The zero-order valence-corrected chi connectivity index (χ0v) is 35.6. The number of hydrogen-bond donors (Lipinski definition) is 0. The van der Waals surface area contributed by atoms with Gasteiger partial charge >= 0.3 is 0 Å². The molecule has 4 nitrogen and oxygen atoms in total. The Balaban J connectivity index is 0.855. The average Bonchev–Trinajstić information content (AvgIpc) is 4.17. The molecule has 0 saturated carbocycles. The number of fused-ring (bicyclic) bond motifs is 16. The van der Waals surface area contributed by atoms with Gasteiger partial charge in [-0.2, -0.15) is 0 Å². The van der Waals surface area contributed by atoms with E-state index >= 15 is 0 Å². The lowest BCUT2D eigenvalue weighted by Gasteiger charge is -2.10. The van der Waals surface area contributed by atoms with E-state index in [9.17, 15) is 0 Å². The van der Waals surface area contributed by atoms with Crippen LogP contribution in [0.3, 0.4) is 0 Å². The van der Waals surface area contributed by atoms with Crippen LogP contribution < -0.4 is 0 Å². The molecule has 0 aliphatic heterocycles. The summed E-state index contributed by atoms with van der Waals surface area (Å²) in [5.41, 5.74) is 15.3. The third-order valence-corrected chi connectivity index (χ3v) is 14.9. The number of furan rings is 2. The summed E-state index contributed by atoms with van der Waals surface area (Å²) < 4.78 is 20.0. The predicted molar refractivity (Wildman–Crippen MR) is 273 cm³/mol. The zero-order chi connectivity index (χ0) is 42.3. The third kappa shape index (κ3) is 5.01. The average molecular weight is 847 g/mol. The summed E-state index contributed by atoms with van der Waals surface area (Å²) in [6, 6.07) is 74.8. The highest BCUT2D eigenvalue weighted by atomic mass is 32.1. The summed E-state index contributed by atoms with van der Waals surface area (Å²) >= 11 is 1.89. The molecule has 5 aromatic heterocycles. The molecule has 10 aromatic carbocycles. The molecule has 0 amide bonds. The van der Waals surface area contributed by atoms with Crippen molar-refractivity contribution in [1.29, 1.82) is 0 Å². The summed E-state index contributed by atoms with van der Waals surface area (Å²) in [5.74, 6) is 0. The van der Waals surface area contributed by atoms with E-state index in [1.54, 1.807) is 0 Å². The van der Waals surface area contributed by atoms with Crippen LogP contribution in [0.4, 0.5) is 0 Å². The maximum Gasteiger partial charge on any atom is 0.135 e. The van der Waals surface area contributed by atoms with Crippen LogP contribution in [0, 0.1) is 0 Å². The van der Waals surface area contributed by atoms with Crippen molar-refractivity contribution in [2.24, 2.45) is 0 Å². The molecule has 0 aliphatic carbocycles. The van der Waals surface area contributed by atoms with Gasteiger partial charge in [0.05, 0.1) is 22.1 Å². The number of hydrogen-bond acceptors (Lipinski definition) is 3. The van der Waals surface area contributed by atoms with E-state index in [1.807, 2.05) is 23.5 Å². The fraction of sp³-hybridized carbons (Fsp3) is 0. The number of benzene rings is 10. The van der Waals surface area contributed by atoms with E-state index in [-0.39, 0.29) is 0 Å². The van der Waals surface area contributed by atoms with Crippen LogP contribution in [0.15, 0.2) is 215 Å². The Labute approximate surface area is 375 Å². The lowest BCUT2D eigenvalue weighted by molar-refractivity contribution is 0.668. The lowest BCUT2D eigenvalue weighted by atomic mass is 10.00. The van der Waals surface area contributed by atoms with Gasteiger partial charge in [-0.15, -0.1) is 11.3 Å². The van der Waals surface area contributed by atoms with E-state index in [4.69, 9.17) is 8.83 Å². The van der Waals surface area contributed by atoms with Crippen molar-refractivity contribution in [3.05, 3.63) is 206 Å². The molecule has 15 aromatic rings. The zero-order valence-electron chi connectivity index (χ0n) is 34.7. The van der Waals surface area contributed by atoms with Crippen LogP contribution >= 0.6 is 11.3 Å². The SMILES string of the molecule is c1cc(-c2ccc3oc4ccccc4c3c2)cc(-n2c3ccccc3c3c4sc5ccc(-c6ccc7oc8ccc(-n9c%10ccccc%10c%10ccccc%109)cc8c7c6)cc5c4ccc32)c1. The molecule has 0 aliphatic rings. The molecule has 0 spiro atoms. The number of aromatic nitrogens is 2. The first-order valence-electron chi connectivity index (χ1n) is 22.1. The molecule has 0 atom stereocenters. The lowest BCUT2D eigenvalue weighted by Crippen LogP contribution is -1.94. The molecule has 302 valence electrons. The van der Waals surface area contributed by atoms with Gasteiger partial charge in [-0.25, -0.2) is 0 Å². The van der Waals surface area contributed by atoms with Crippen molar-refractivity contribution >= 4 is 119 Å². The standard InChI is InChI=1S/C60H34N2O2S/c1-5-16-50-41(12-1)42-13-2-6-17-51(42)61(50)40-23-28-57-48(34-40)47-32-37(21-27-56(47)64-57)38-22-29-58-49(33-38)44-24-25-53-59(60(44)65-58)45-15-3-7-18-52(45)62(53)39-11-9-10-35(30-39)36-20-26-55-46(31-36)43-14-4-8-19-54(43)63-55/h1-34H. The third-order valence-electron chi connectivity index (χ3n) is 13.7. The van der Waals surface area contributed by atoms with Crippen molar-refractivity contribution < 1.29 is 8.83 Å². The van der Waals surface area contributed by atoms with Gasteiger partial charge in [0.2, 0.25) is 0 Å². The Kier molecular flexibility index (Phi) is 7.07. The van der Waals surface area contributed by atoms with Crippen LogP contribution in [0.5, 0.6) is 0 Å². The first-order chi connectivity index (χ1) is 32.2. The smallest absolute Gasteiger partial charge is 0.135 e. The van der Waals surface area contributed by atoms with E-state index in [2.05, 4.69) is 203 Å². The maximum absolute atomic E-state index is 6.46. The summed E-state index contributed by atoms with van der Waals surface area (Å²) in [5, 5.41) is 12.1. The second-order valence-electron chi connectivity index (χ2n) is 17.2. The van der Waals surface area contributed by atoms with Crippen LogP contribution in [0.1, 0.15) is 0 Å². The van der Waals surface area contributed by atoms with Crippen LogP contribution in [0.25, 0.3) is 141 Å². The van der Waals surface area contributed by atoms with E-state index in [1.165, 1.54) is 86.0 Å².